The van der Waals surface area contributed by atoms with Gasteiger partial charge in [-0.05, 0) is 37.7 Å². The van der Waals surface area contributed by atoms with Gasteiger partial charge in [0, 0.05) is 11.9 Å². The first kappa shape index (κ1) is 15.8. The molecule has 7 heteroatoms. The summed E-state index contributed by atoms with van der Waals surface area (Å²) in [5, 5.41) is 5.30. The number of ketones is 1. The second kappa shape index (κ2) is 6.48. The number of aryl methyl sites for hydroxylation is 1. The predicted molar refractivity (Wildman–Crippen MR) is 86.0 cm³/mol. The molecule has 2 rings (SSSR count). The standard InChI is InChI=1S/C15H15N3O3S/c1-9-5-3-4-6-12(9)16-14(21)11(10(2)19)7-18-8-13(20)17-15(18)22/h3-7H,8H2,1-2H3,(H,16,21)(H,17,20,22)/b11-7+. The molecule has 1 aliphatic heterocycles. The van der Waals surface area contributed by atoms with Gasteiger partial charge in [0.25, 0.3) is 5.91 Å². The number of rotatable bonds is 4. The van der Waals surface area contributed by atoms with E-state index < -0.39 is 11.7 Å². The molecule has 0 aromatic heterocycles. The van der Waals surface area contributed by atoms with Gasteiger partial charge in [-0.2, -0.15) is 0 Å². The third kappa shape index (κ3) is 3.56. The van der Waals surface area contributed by atoms with Crippen LogP contribution >= 0.6 is 12.2 Å². The molecule has 1 aromatic rings. The summed E-state index contributed by atoms with van der Waals surface area (Å²) in [5.41, 5.74) is 1.44. The molecule has 0 unspecified atom stereocenters. The van der Waals surface area contributed by atoms with Crippen LogP contribution in [0, 0.1) is 6.92 Å². The number of nitrogens with one attached hydrogen (secondary N) is 2. The van der Waals surface area contributed by atoms with Gasteiger partial charge in [0.2, 0.25) is 5.91 Å². The maximum atomic E-state index is 12.3. The summed E-state index contributed by atoms with van der Waals surface area (Å²) in [6.07, 6.45) is 1.30. The van der Waals surface area contributed by atoms with Crippen LogP contribution in [-0.4, -0.2) is 34.2 Å². The lowest BCUT2D eigenvalue weighted by atomic mass is 10.1. The van der Waals surface area contributed by atoms with Crippen molar-refractivity contribution in [1.82, 2.24) is 10.2 Å². The maximum absolute atomic E-state index is 12.3. The molecule has 2 N–H and O–H groups in total. The number of para-hydroxylation sites is 1. The number of carbonyl (C=O) groups is 3. The molecule has 1 saturated heterocycles. The van der Waals surface area contributed by atoms with Crippen molar-refractivity contribution in [2.24, 2.45) is 0 Å². The third-order valence-electron chi connectivity index (χ3n) is 3.12. The molecular formula is C15H15N3O3S. The summed E-state index contributed by atoms with van der Waals surface area (Å²) in [5.74, 6) is -1.22. The molecule has 22 heavy (non-hydrogen) atoms. The van der Waals surface area contributed by atoms with E-state index in [-0.39, 0.29) is 23.1 Å². The minimum Gasteiger partial charge on any atom is -0.322 e. The molecule has 0 spiro atoms. The number of anilines is 1. The van der Waals surface area contributed by atoms with Crippen LogP contribution in [-0.2, 0) is 14.4 Å². The fourth-order valence-corrected chi connectivity index (χ4v) is 2.16. The number of hydrogen-bond acceptors (Lipinski definition) is 4. The van der Waals surface area contributed by atoms with E-state index in [1.165, 1.54) is 18.0 Å². The number of nitrogens with zero attached hydrogens (tertiary/aromatic N) is 1. The first-order valence-corrected chi connectivity index (χ1v) is 6.99. The minimum absolute atomic E-state index is 0.00669. The van der Waals surface area contributed by atoms with E-state index in [2.05, 4.69) is 10.6 Å². The molecule has 6 nitrogen and oxygen atoms in total. The molecule has 114 valence electrons. The Labute approximate surface area is 133 Å². The van der Waals surface area contributed by atoms with E-state index in [4.69, 9.17) is 12.2 Å². The summed E-state index contributed by atoms with van der Waals surface area (Å²) < 4.78 is 0. The largest absolute Gasteiger partial charge is 0.322 e. The molecule has 1 aliphatic rings. The Hall–Kier alpha value is -2.54. The molecule has 0 atom stereocenters. The van der Waals surface area contributed by atoms with Crippen molar-refractivity contribution in [2.45, 2.75) is 13.8 Å². The molecule has 0 aliphatic carbocycles. The van der Waals surface area contributed by atoms with Crippen molar-refractivity contribution >= 4 is 40.6 Å². The van der Waals surface area contributed by atoms with E-state index in [1.807, 2.05) is 19.1 Å². The quantitative estimate of drug-likeness (QED) is 0.377. The fourth-order valence-electron chi connectivity index (χ4n) is 1.93. The van der Waals surface area contributed by atoms with E-state index in [0.29, 0.717) is 5.69 Å². The molecule has 0 radical (unpaired) electrons. The van der Waals surface area contributed by atoms with Gasteiger partial charge in [0.1, 0.15) is 6.54 Å². The monoisotopic (exact) mass is 317 g/mol. The second-order valence-corrected chi connectivity index (χ2v) is 5.24. The summed E-state index contributed by atoms with van der Waals surface area (Å²) in [6.45, 7) is 3.13. The average molecular weight is 317 g/mol. The molecule has 1 heterocycles. The highest BCUT2D eigenvalue weighted by atomic mass is 32.1. The molecule has 0 saturated carbocycles. The van der Waals surface area contributed by atoms with Gasteiger partial charge in [-0.3, -0.25) is 14.4 Å². The Kier molecular flexibility index (Phi) is 4.67. The number of amides is 2. The van der Waals surface area contributed by atoms with Crippen LogP contribution in [0.15, 0.2) is 36.0 Å². The van der Waals surface area contributed by atoms with Crippen molar-refractivity contribution in [3.8, 4) is 0 Å². The van der Waals surface area contributed by atoms with Crippen LogP contribution in [0.25, 0.3) is 0 Å². The zero-order chi connectivity index (χ0) is 16.3. The Bertz CT molecular complexity index is 697. The van der Waals surface area contributed by atoms with Gasteiger partial charge >= 0.3 is 0 Å². The van der Waals surface area contributed by atoms with E-state index >= 15 is 0 Å². The smallest absolute Gasteiger partial charge is 0.260 e. The van der Waals surface area contributed by atoms with Crippen LogP contribution < -0.4 is 10.6 Å². The van der Waals surface area contributed by atoms with E-state index in [9.17, 15) is 14.4 Å². The van der Waals surface area contributed by atoms with Crippen LogP contribution in [0.5, 0.6) is 0 Å². The Balaban J connectivity index is 2.23. The minimum atomic E-state index is -0.538. The molecule has 1 aromatic carbocycles. The van der Waals surface area contributed by atoms with Gasteiger partial charge in [-0.25, -0.2) is 0 Å². The highest BCUT2D eigenvalue weighted by Crippen LogP contribution is 2.15. The maximum Gasteiger partial charge on any atom is 0.260 e. The lowest BCUT2D eigenvalue weighted by Crippen LogP contribution is -2.27. The summed E-state index contributed by atoms with van der Waals surface area (Å²) in [6, 6.07) is 7.24. The third-order valence-corrected chi connectivity index (χ3v) is 3.46. The number of benzene rings is 1. The Morgan fingerprint density at radius 1 is 1.36 bits per heavy atom. The number of carbonyl (C=O) groups excluding carboxylic acids is 3. The summed E-state index contributed by atoms with van der Waals surface area (Å²) >= 11 is 4.97. The van der Waals surface area contributed by atoms with Crippen molar-refractivity contribution in [3.63, 3.8) is 0 Å². The fraction of sp³-hybridized carbons (Fsp3) is 0.200. The second-order valence-electron chi connectivity index (χ2n) is 4.85. The summed E-state index contributed by atoms with van der Waals surface area (Å²) in [7, 11) is 0. The molecular weight excluding hydrogens is 302 g/mol. The zero-order valence-corrected chi connectivity index (χ0v) is 13.0. The SMILES string of the molecule is CC(=O)/C(=C\N1CC(=O)NC1=S)C(=O)Nc1ccccc1C. The Morgan fingerprint density at radius 3 is 2.59 bits per heavy atom. The number of Topliss-reactive ketones (excluding diaryl/α,β-unsaturated/α-hetero) is 1. The van der Waals surface area contributed by atoms with E-state index in [1.54, 1.807) is 12.1 Å². The van der Waals surface area contributed by atoms with Gasteiger partial charge in [0.15, 0.2) is 10.9 Å². The summed E-state index contributed by atoms with van der Waals surface area (Å²) in [4.78, 5) is 36.7. The van der Waals surface area contributed by atoms with Crippen LogP contribution in [0.3, 0.4) is 0 Å². The van der Waals surface area contributed by atoms with Gasteiger partial charge in [-0.1, -0.05) is 18.2 Å². The zero-order valence-electron chi connectivity index (χ0n) is 12.2. The molecule has 0 bridgehead atoms. The first-order chi connectivity index (χ1) is 10.4. The van der Waals surface area contributed by atoms with Gasteiger partial charge < -0.3 is 15.5 Å². The van der Waals surface area contributed by atoms with Crippen LogP contribution in [0.4, 0.5) is 5.69 Å². The molecule has 1 fully saturated rings. The van der Waals surface area contributed by atoms with Crippen LogP contribution in [0.2, 0.25) is 0 Å². The predicted octanol–water partition coefficient (Wildman–Crippen LogP) is 1.12. The number of hydrogen-bond donors (Lipinski definition) is 2. The lowest BCUT2D eigenvalue weighted by molar-refractivity contribution is -0.120. The Morgan fingerprint density at radius 2 is 2.05 bits per heavy atom. The first-order valence-electron chi connectivity index (χ1n) is 6.58. The van der Waals surface area contributed by atoms with E-state index in [0.717, 1.165) is 5.56 Å². The van der Waals surface area contributed by atoms with Crippen molar-refractivity contribution in [3.05, 3.63) is 41.6 Å². The number of thiocarbonyl (C=S) groups is 1. The highest BCUT2D eigenvalue weighted by molar-refractivity contribution is 7.80. The van der Waals surface area contributed by atoms with Gasteiger partial charge in [-0.15, -0.1) is 0 Å². The molecule has 2 amide bonds. The van der Waals surface area contributed by atoms with Crippen molar-refractivity contribution in [2.75, 3.05) is 11.9 Å². The lowest BCUT2D eigenvalue weighted by Gasteiger charge is -2.13. The van der Waals surface area contributed by atoms with Crippen molar-refractivity contribution in [1.29, 1.82) is 0 Å². The van der Waals surface area contributed by atoms with Crippen molar-refractivity contribution < 1.29 is 14.4 Å². The highest BCUT2D eigenvalue weighted by Gasteiger charge is 2.25. The van der Waals surface area contributed by atoms with Crippen LogP contribution in [0.1, 0.15) is 12.5 Å². The normalized spacial score (nSPS) is 14.8. The average Bonchev–Trinajstić information content (AvgIpc) is 2.76. The van der Waals surface area contributed by atoms with Gasteiger partial charge in [0.05, 0.1) is 5.57 Å². The topological polar surface area (TPSA) is 78.5 Å².